The summed E-state index contributed by atoms with van der Waals surface area (Å²) in [5, 5.41) is 11.9. The minimum atomic E-state index is -1.16. The number of rotatable bonds is 3. The van der Waals surface area contributed by atoms with Crippen LogP contribution >= 0.6 is 50.1 Å². The molecule has 0 unspecified atom stereocenters. The summed E-state index contributed by atoms with van der Waals surface area (Å²) in [5.74, 6) is -1.58. The average Bonchev–Trinajstić information content (AvgIpc) is 2.43. The van der Waals surface area contributed by atoms with Crippen molar-refractivity contribution in [1.82, 2.24) is 0 Å². The first-order valence-corrected chi connectivity index (χ1v) is 7.93. The van der Waals surface area contributed by atoms with E-state index < -0.39 is 11.9 Å². The molecular formula is C14H8BrClINO3. The number of para-hydroxylation sites is 1. The van der Waals surface area contributed by atoms with E-state index in [2.05, 4.69) is 21.2 Å². The van der Waals surface area contributed by atoms with Gasteiger partial charge in [-0.3, -0.25) is 4.79 Å². The van der Waals surface area contributed by atoms with E-state index >= 15 is 0 Å². The average molecular weight is 480 g/mol. The molecule has 0 heterocycles. The minimum Gasteiger partial charge on any atom is -0.478 e. The zero-order chi connectivity index (χ0) is 15.6. The largest absolute Gasteiger partial charge is 0.478 e. The Morgan fingerprint density at radius 3 is 2.57 bits per heavy atom. The van der Waals surface area contributed by atoms with Crippen LogP contribution in [0.4, 0.5) is 5.69 Å². The van der Waals surface area contributed by atoms with Gasteiger partial charge in [0.25, 0.3) is 5.91 Å². The Labute approximate surface area is 147 Å². The predicted molar refractivity (Wildman–Crippen MR) is 93.2 cm³/mol. The maximum atomic E-state index is 12.3. The van der Waals surface area contributed by atoms with Crippen LogP contribution < -0.4 is 5.32 Å². The van der Waals surface area contributed by atoms with Crippen LogP contribution in [0.1, 0.15) is 20.7 Å². The second-order valence-electron chi connectivity index (χ2n) is 4.05. The summed E-state index contributed by atoms with van der Waals surface area (Å²) in [4.78, 5) is 23.5. The number of amides is 1. The first-order chi connectivity index (χ1) is 9.90. The summed E-state index contributed by atoms with van der Waals surface area (Å²) in [6.07, 6.45) is 0. The van der Waals surface area contributed by atoms with Gasteiger partial charge in [0.15, 0.2) is 0 Å². The van der Waals surface area contributed by atoms with Gasteiger partial charge < -0.3 is 10.4 Å². The molecule has 0 saturated carbocycles. The molecule has 0 atom stereocenters. The van der Waals surface area contributed by atoms with Gasteiger partial charge in [-0.25, -0.2) is 4.79 Å². The molecule has 0 aliphatic rings. The van der Waals surface area contributed by atoms with Crippen LogP contribution in [0.2, 0.25) is 5.02 Å². The number of carboxylic acid groups (broad SMARTS) is 1. The minimum absolute atomic E-state index is 0.0548. The van der Waals surface area contributed by atoms with Crippen LogP contribution in [0, 0.1) is 3.57 Å². The van der Waals surface area contributed by atoms with E-state index in [1.807, 2.05) is 28.7 Å². The Bertz CT molecular complexity index is 736. The van der Waals surface area contributed by atoms with Crippen molar-refractivity contribution in [3.8, 4) is 0 Å². The van der Waals surface area contributed by atoms with E-state index in [0.29, 0.717) is 5.56 Å². The van der Waals surface area contributed by atoms with Gasteiger partial charge in [0.1, 0.15) is 0 Å². The molecule has 4 nitrogen and oxygen atoms in total. The molecular weight excluding hydrogens is 472 g/mol. The normalized spacial score (nSPS) is 10.2. The van der Waals surface area contributed by atoms with Crippen molar-refractivity contribution in [2.75, 3.05) is 5.32 Å². The second-order valence-corrected chi connectivity index (χ2v) is 6.53. The fourth-order valence-corrected chi connectivity index (χ4v) is 2.85. The van der Waals surface area contributed by atoms with Crippen molar-refractivity contribution in [3.05, 3.63) is 60.6 Å². The SMILES string of the molecule is O=C(Nc1c(Cl)cccc1C(=O)O)c1cc(Br)ccc1I. The number of carbonyl (C=O) groups excluding carboxylic acids is 1. The van der Waals surface area contributed by atoms with Gasteiger partial charge in [-0.2, -0.15) is 0 Å². The molecule has 7 heteroatoms. The number of aromatic carboxylic acids is 1. The van der Waals surface area contributed by atoms with Gasteiger partial charge in [0, 0.05) is 8.04 Å². The van der Waals surface area contributed by atoms with E-state index in [1.165, 1.54) is 18.2 Å². The van der Waals surface area contributed by atoms with E-state index in [0.717, 1.165) is 8.04 Å². The number of hydrogen-bond acceptors (Lipinski definition) is 2. The monoisotopic (exact) mass is 479 g/mol. The van der Waals surface area contributed by atoms with Crippen molar-refractivity contribution in [2.24, 2.45) is 0 Å². The molecule has 1 amide bonds. The van der Waals surface area contributed by atoms with Crippen molar-refractivity contribution < 1.29 is 14.7 Å². The number of hydrogen-bond donors (Lipinski definition) is 2. The smallest absolute Gasteiger partial charge is 0.337 e. The molecule has 0 aromatic heterocycles. The zero-order valence-electron chi connectivity index (χ0n) is 10.4. The third-order valence-corrected chi connectivity index (χ3v) is 4.40. The number of benzene rings is 2. The summed E-state index contributed by atoms with van der Waals surface area (Å²) in [5.41, 5.74) is 0.467. The molecule has 0 radical (unpaired) electrons. The highest BCUT2D eigenvalue weighted by atomic mass is 127. The van der Waals surface area contributed by atoms with Gasteiger partial charge in [0.2, 0.25) is 0 Å². The highest BCUT2D eigenvalue weighted by Crippen LogP contribution is 2.27. The second kappa shape index (κ2) is 6.76. The molecule has 108 valence electrons. The van der Waals surface area contributed by atoms with Gasteiger partial charge in [-0.1, -0.05) is 33.6 Å². The molecule has 0 bridgehead atoms. The Kier molecular flexibility index (Phi) is 5.23. The van der Waals surface area contributed by atoms with E-state index in [4.69, 9.17) is 16.7 Å². The first-order valence-electron chi connectivity index (χ1n) is 5.68. The van der Waals surface area contributed by atoms with E-state index in [-0.39, 0.29) is 16.3 Å². The molecule has 0 aliphatic carbocycles. The van der Waals surface area contributed by atoms with Crippen molar-refractivity contribution >= 4 is 67.7 Å². The first kappa shape index (κ1) is 16.3. The van der Waals surface area contributed by atoms with Crippen molar-refractivity contribution in [1.29, 1.82) is 0 Å². The van der Waals surface area contributed by atoms with Gasteiger partial charge in [-0.15, -0.1) is 0 Å². The van der Waals surface area contributed by atoms with Crippen LogP contribution in [-0.4, -0.2) is 17.0 Å². The topological polar surface area (TPSA) is 66.4 Å². The number of carbonyl (C=O) groups is 2. The van der Waals surface area contributed by atoms with Gasteiger partial charge in [0.05, 0.1) is 21.8 Å². The van der Waals surface area contributed by atoms with Gasteiger partial charge >= 0.3 is 5.97 Å². The standard InChI is InChI=1S/C14H8BrClINO3/c15-7-4-5-11(17)9(6-7)13(19)18-12-8(14(20)21)2-1-3-10(12)16/h1-6H,(H,18,19)(H,20,21). The lowest BCUT2D eigenvalue weighted by atomic mass is 10.1. The summed E-state index contributed by atoms with van der Waals surface area (Å²) >= 11 is 11.3. The number of carboxylic acids is 1. The molecule has 2 N–H and O–H groups in total. The van der Waals surface area contributed by atoms with Crippen LogP contribution in [0.15, 0.2) is 40.9 Å². The Hall–Kier alpha value is -1.12. The molecule has 2 aromatic rings. The molecule has 0 fully saturated rings. The third kappa shape index (κ3) is 3.75. The Morgan fingerprint density at radius 1 is 1.19 bits per heavy atom. The lowest BCUT2D eigenvalue weighted by molar-refractivity contribution is 0.0698. The zero-order valence-corrected chi connectivity index (χ0v) is 14.9. The highest BCUT2D eigenvalue weighted by Gasteiger charge is 2.18. The lowest BCUT2D eigenvalue weighted by Gasteiger charge is -2.11. The number of anilines is 1. The van der Waals surface area contributed by atoms with Crippen LogP contribution in [0.3, 0.4) is 0 Å². The summed E-state index contributed by atoms with van der Waals surface area (Å²) in [7, 11) is 0. The number of nitrogens with one attached hydrogen (secondary N) is 1. The lowest BCUT2D eigenvalue weighted by Crippen LogP contribution is -2.16. The van der Waals surface area contributed by atoms with E-state index in [9.17, 15) is 9.59 Å². The summed E-state index contributed by atoms with van der Waals surface area (Å²) in [6, 6.07) is 9.69. The quantitative estimate of drug-likeness (QED) is 0.629. The molecule has 0 saturated heterocycles. The third-order valence-electron chi connectivity index (χ3n) is 2.66. The van der Waals surface area contributed by atoms with Crippen molar-refractivity contribution in [3.63, 3.8) is 0 Å². The maximum absolute atomic E-state index is 12.3. The molecule has 2 rings (SSSR count). The van der Waals surface area contributed by atoms with Crippen LogP contribution in [-0.2, 0) is 0 Å². The molecule has 21 heavy (non-hydrogen) atoms. The van der Waals surface area contributed by atoms with Crippen LogP contribution in [0.25, 0.3) is 0 Å². The number of halogens is 3. The highest BCUT2D eigenvalue weighted by molar-refractivity contribution is 14.1. The summed E-state index contributed by atoms with van der Waals surface area (Å²) in [6.45, 7) is 0. The molecule has 2 aromatic carbocycles. The molecule has 0 aliphatic heterocycles. The van der Waals surface area contributed by atoms with Crippen LogP contribution in [0.5, 0.6) is 0 Å². The predicted octanol–water partition coefficient (Wildman–Crippen LogP) is 4.66. The summed E-state index contributed by atoms with van der Waals surface area (Å²) < 4.78 is 1.50. The fourth-order valence-electron chi connectivity index (χ4n) is 1.68. The van der Waals surface area contributed by atoms with E-state index in [1.54, 1.807) is 12.1 Å². The van der Waals surface area contributed by atoms with Gasteiger partial charge in [-0.05, 0) is 52.9 Å². The fraction of sp³-hybridized carbons (Fsp3) is 0. The Balaban J connectivity index is 2.41. The maximum Gasteiger partial charge on any atom is 0.337 e. The Morgan fingerprint density at radius 2 is 1.90 bits per heavy atom. The molecule has 0 spiro atoms. The van der Waals surface area contributed by atoms with Crippen molar-refractivity contribution in [2.45, 2.75) is 0 Å².